The van der Waals surface area contributed by atoms with E-state index in [2.05, 4.69) is 16.8 Å². The fraction of sp³-hybridized carbons (Fsp3) is 0. The third-order valence-corrected chi connectivity index (χ3v) is 1.12. The molecule has 0 spiro atoms. The van der Waals surface area contributed by atoms with Crippen molar-refractivity contribution in [3.05, 3.63) is 42.2 Å². The summed E-state index contributed by atoms with van der Waals surface area (Å²) in [5.74, 6) is 5.54. The lowest BCUT2D eigenvalue weighted by molar-refractivity contribution is 1.31. The highest BCUT2D eigenvalue weighted by Crippen LogP contribution is 1.90. The Labute approximate surface area is 71.2 Å². The second-order valence-electron chi connectivity index (χ2n) is 1.97. The first-order valence-electron chi connectivity index (χ1n) is 3.39. The Kier molecular flexibility index (Phi) is 3.16. The van der Waals surface area contributed by atoms with Crippen LogP contribution in [0.3, 0.4) is 0 Å². The van der Waals surface area contributed by atoms with Crippen LogP contribution in [-0.4, -0.2) is 4.98 Å². The number of nitriles is 1. The highest BCUT2D eigenvalue weighted by molar-refractivity contribution is 5.35. The van der Waals surface area contributed by atoms with E-state index in [1.165, 1.54) is 12.2 Å². The zero-order chi connectivity index (χ0) is 8.65. The number of pyridine rings is 1. The van der Waals surface area contributed by atoms with Crippen LogP contribution in [0.4, 0.5) is 0 Å². The summed E-state index contributed by atoms with van der Waals surface area (Å²) in [5, 5.41) is 8.15. The van der Waals surface area contributed by atoms with Crippen LogP contribution in [0.2, 0.25) is 0 Å². The average Bonchev–Trinajstić information content (AvgIpc) is 2.14. The molecule has 0 radical (unpaired) electrons. The Bertz CT molecular complexity index is 360. The molecule has 0 amide bonds. The topological polar surface area (TPSA) is 36.7 Å². The smallest absolute Gasteiger partial charge is 0.0918 e. The van der Waals surface area contributed by atoms with Crippen LogP contribution in [0.25, 0.3) is 0 Å². The van der Waals surface area contributed by atoms with Crippen LogP contribution >= 0.6 is 0 Å². The van der Waals surface area contributed by atoms with E-state index in [4.69, 9.17) is 5.26 Å². The summed E-state index contributed by atoms with van der Waals surface area (Å²) < 4.78 is 0. The van der Waals surface area contributed by atoms with Crippen molar-refractivity contribution < 1.29 is 0 Å². The summed E-state index contributed by atoms with van der Waals surface area (Å²) in [6.45, 7) is 0. The predicted molar refractivity (Wildman–Crippen MR) is 45.9 cm³/mol. The summed E-state index contributed by atoms with van der Waals surface area (Å²) >= 11 is 0. The minimum absolute atomic E-state index is 0.847. The first kappa shape index (κ1) is 8.04. The molecule has 0 unspecified atom stereocenters. The van der Waals surface area contributed by atoms with Gasteiger partial charge in [-0.2, -0.15) is 5.26 Å². The summed E-state index contributed by atoms with van der Waals surface area (Å²) in [6, 6.07) is 5.53. The third-order valence-electron chi connectivity index (χ3n) is 1.12. The molecule has 0 atom stereocenters. The fourth-order valence-electron chi connectivity index (χ4n) is 0.641. The maximum Gasteiger partial charge on any atom is 0.0918 e. The highest BCUT2D eigenvalue weighted by atomic mass is 14.6. The molecule has 1 aromatic rings. The average molecular weight is 154 g/mol. The number of aromatic nitrogens is 1. The molecule has 2 nitrogen and oxygen atoms in total. The second-order valence-corrected chi connectivity index (χ2v) is 1.97. The molecule has 0 aliphatic rings. The van der Waals surface area contributed by atoms with Gasteiger partial charge in [-0.15, -0.1) is 0 Å². The molecule has 1 rings (SSSR count). The zero-order valence-corrected chi connectivity index (χ0v) is 6.36. The number of rotatable bonds is 0. The number of hydrogen-bond acceptors (Lipinski definition) is 2. The summed E-state index contributed by atoms with van der Waals surface area (Å²) in [7, 11) is 0. The van der Waals surface area contributed by atoms with Crippen LogP contribution in [0.15, 0.2) is 36.7 Å². The van der Waals surface area contributed by atoms with E-state index in [0.717, 1.165) is 5.56 Å². The number of allylic oxidation sites excluding steroid dienone is 2. The van der Waals surface area contributed by atoms with Crippen molar-refractivity contribution in [2.45, 2.75) is 0 Å². The van der Waals surface area contributed by atoms with Gasteiger partial charge in [0.25, 0.3) is 0 Å². The van der Waals surface area contributed by atoms with Crippen molar-refractivity contribution in [3.8, 4) is 17.9 Å². The number of nitrogens with zero attached hydrogens (tertiary/aromatic N) is 2. The molecule has 0 bridgehead atoms. The minimum atomic E-state index is 0.847. The lowest BCUT2D eigenvalue weighted by atomic mass is 10.3. The Hall–Kier alpha value is -2.06. The van der Waals surface area contributed by atoms with Gasteiger partial charge in [-0.1, -0.05) is 11.8 Å². The van der Waals surface area contributed by atoms with Crippen LogP contribution in [0.1, 0.15) is 5.56 Å². The standard InChI is InChI=1S/C10H6N2/c11-7-3-1-2-5-10-6-4-8-12-9-10/h1,3-4,6,8-9H/b3-1+. The molecule has 0 aliphatic heterocycles. The van der Waals surface area contributed by atoms with Crippen molar-refractivity contribution in [3.63, 3.8) is 0 Å². The van der Waals surface area contributed by atoms with E-state index in [0.29, 0.717) is 0 Å². The van der Waals surface area contributed by atoms with E-state index in [1.54, 1.807) is 12.4 Å². The van der Waals surface area contributed by atoms with Gasteiger partial charge in [-0.3, -0.25) is 4.98 Å². The quantitative estimate of drug-likeness (QED) is 0.419. The van der Waals surface area contributed by atoms with Gasteiger partial charge in [-0.25, -0.2) is 0 Å². The molecule has 0 N–H and O–H groups in total. The molecule has 1 heterocycles. The molecule has 1 aromatic heterocycles. The van der Waals surface area contributed by atoms with Gasteiger partial charge >= 0.3 is 0 Å². The summed E-state index contributed by atoms with van der Waals surface area (Å²) in [4.78, 5) is 3.89. The van der Waals surface area contributed by atoms with Crippen molar-refractivity contribution in [2.75, 3.05) is 0 Å². The van der Waals surface area contributed by atoms with Gasteiger partial charge in [0, 0.05) is 24.0 Å². The molecule has 12 heavy (non-hydrogen) atoms. The van der Waals surface area contributed by atoms with Crippen molar-refractivity contribution >= 4 is 0 Å². The largest absolute Gasteiger partial charge is 0.263 e. The molecule has 0 saturated heterocycles. The molecular weight excluding hydrogens is 148 g/mol. The van der Waals surface area contributed by atoms with Gasteiger partial charge in [0.1, 0.15) is 0 Å². The van der Waals surface area contributed by atoms with E-state index >= 15 is 0 Å². The molecule has 2 heteroatoms. The minimum Gasteiger partial charge on any atom is -0.263 e. The van der Waals surface area contributed by atoms with Crippen molar-refractivity contribution in [2.24, 2.45) is 0 Å². The Morgan fingerprint density at radius 3 is 3.00 bits per heavy atom. The van der Waals surface area contributed by atoms with E-state index in [1.807, 2.05) is 18.2 Å². The van der Waals surface area contributed by atoms with Crippen LogP contribution in [0.5, 0.6) is 0 Å². The maximum absolute atomic E-state index is 8.15. The molecule has 0 aromatic carbocycles. The van der Waals surface area contributed by atoms with Gasteiger partial charge < -0.3 is 0 Å². The van der Waals surface area contributed by atoms with Gasteiger partial charge in [0.05, 0.1) is 6.07 Å². The summed E-state index contributed by atoms with van der Waals surface area (Å²) in [5.41, 5.74) is 0.847. The van der Waals surface area contributed by atoms with E-state index in [-0.39, 0.29) is 0 Å². The third kappa shape index (κ3) is 2.68. The highest BCUT2D eigenvalue weighted by Gasteiger charge is 1.79. The molecule has 0 fully saturated rings. The molecule has 0 saturated carbocycles. The first-order valence-corrected chi connectivity index (χ1v) is 3.39. The SMILES string of the molecule is N#C/C=C/C#Cc1cccnc1. The molecular formula is C10H6N2. The second kappa shape index (κ2) is 4.71. The zero-order valence-electron chi connectivity index (χ0n) is 6.36. The summed E-state index contributed by atoms with van der Waals surface area (Å²) in [6.07, 6.45) is 6.21. The Balaban J connectivity index is 2.69. The van der Waals surface area contributed by atoms with Crippen LogP contribution < -0.4 is 0 Å². The Morgan fingerprint density at radius 2 is 2.33 bits per heavy atom. The fourth-order valence-corrected chi connectivity index (χ4v) is 0.641. The van der Waals surface area contributed by atoms with Gasteiger partial charge in [0.2, 0.25) is 0 Å². The number of hydrogen-bond donors (Lipinski definition) is 0. The van der Waals surface area contributed by atoms with E-state index < -0.39 is 0 Å². The molecule has 56 valence electrons. The lowest BCUT2D eigenvalue weighted by Crippen LogP contribution is -1.73. The first-order chi connectivity index (χ1) is 5.93. The molecule has 0 aliphatic carbocycles. The predicted octanol–water partition coefficient (Wildman–Crippen LogP) is 1.51. The van der Waals surface area contributed by atoms with Gasteiger partial charge in [0.15, 0.2) is 0 Å². The van der Waals surface area contributed by atoms with Crippen molar-refractivity contribution in [1.29, 1.82) is 5.26 Å². The van der Waals surface area contributed by atoms with Gasteiger partial charge in [-0.05, 0) is 18.2 Å². The monoisotopic (exact) mass is 154 g/mol. The van der Waals surface area contributed by atoms with Crippen LogP contribution in [0, 0.1) is 23.2 Å². The van der Waals surface area contributed by atoms with E-state index in [9.17, 15) is 0 Å². The maximum atomic E-state index is 8.15. The lowest BCUT2D eigenvalue weighted by Gasteiger charge is -1.83. The normalized spacial score (nSPS) is 8.58. The Morgan fingerprint density at radius 1 is 1.42 bits per heavy atom. The van der Waals surface area contributed by atoms with Crippen molar-refractivity contribution in [1.82, 2.24) is 4.98 Å². The van der Waals surface area contributed by atoms with Crippen LogP contribution in [-0.2, 0) is 0 Å².